The fraction of sp³-hybridized carbons (Fsp3) is 0.500. The van der Waals surface area contributed by atoms with Crippen LogP contribution >= 0.6 is 38.9 Å². The van der Waals surface area contributed by atoms with Crippen molar-refractivity contribution in [2.75, 3.05) is 6.61 Å². The van der Waals surface area contributed by atoms with Crippen LogP contribution in [-0.2, 0) is 6.42 Å². The molecule has 0 unspecified atom stereocenters. The summed E-state index contributed by atoms with van der Waals surface area (Å²) >= 11 is 10.4. The van der Waals surface area contributed by atoms with Gasteiger partial charge in [0.1, 0.15) is 0 Å². The summed E-state index contributed by atoms with van der Waals surface area (Å²) in [6.07, 6.45) is 1.51. The van der Waals surface area contributed by atoms with Crippen molar-refractivity contribution in [1.82, 2.24) is 4.98 Å². The third-order valence-electron chi connectivity index (χ3n) is 1.20. The molecule has 0 aliphatic carbocycles. The van der Waals surface area contributed by atoms with Crippen LogP contribution in [0.1, 0.15) is 12.1 Å². The number of aromatic nitrogens is 1. The molecule has 62 valence electrons. The summed E-state index contributed by atoms with van der Waals surface area (Å²) in [4.78, 5) is 4.07. The van der Waals surface area contributed by atoms with Gasteiger partial charge in [-0.15, -0.1) is 0 Å². The molecule has 1 heterocycles. The second kappa shape index (κ2) is 4.40. The molecule has 0 amide bonds. The minimum Gasteiger partial charge on any atom is -0.396 e. The van der Waals surface area contributed by atoms with Gasteiger partial charge < -0.3 is 5.11 Å². The lowest BCUT2D eigenvalue weighted by Crippen LogP contribution is -1.89. The lowest BCUT2D eigenvalue weighted by molar-refractivity contribution is 0.288. The normalized spacial score (nSPS) is 10.5. The van der Waals surface area contributed by atoms with E-state index in [4.69, 9.17) is 16.7 Å². The first kappa shape index (κ1) is 9.45. The predicted molar refractivity (Wildman–Crippen MR) is 50.2 cm³/mol. The van der Waals surface area contributed by atoms with Crippen molar-refractivity contribution in [3.8, 4) is 0 Å². The van der Waals surface area contributed by atoms with Gasteiger partial charge in [0.2, 0.25) is 0 Å². The van der Waals surface area contributed by atoms with E-state index in [9.17, 15) is 0 Å². The summed E-state index contributed by atoms with van der Waals surface area (Å²) in [5.74, 6) is 0. The molecule has 5 heteroatoms. The van der Waals surface area contributed by atoms with Gasteiger partial charge in [-0.2, -0.15) is 0 Å². The Bertz CT molecular complexity index is 240. The Kier molecular flexibility index (Phi) is 3.78. The highest BCUT2D eigenvalue weighted by molar-refractivity contribution is 9.11. The lowest BCUT2D eigenvalue weighted by Gasteiger charge is -1.92. The topological polar surface area (TPSA) is 33.1 Å². The Labute approximate surface area is 82.4 Å². The van der Waals surface area contributed by atoms with Gasteiger partial charge in [0.25, 0.3) is 0 Å². The van der Waals surface area contributed by atoms with Crippen LogP contribution in [0.2, 0.25) is 4.47 Å². The van der Waals surface area contributed by atoms with Gasteiger partial charge in [-0.05, 0) is 28.8 Å². The Morgan fingerprint density at radius 1 is 1.64 bits per heavy atom. The first-order valence-electron chi connectivity index (χ1n) is 3.15. The quantitative estimate of drug-likeness (QED) is 0.901. The Hall–Kier alpha value is 0.360. The monoisotopic (exact) mass is 255 g/mol. The van der Waals surface area contributed by atoms with Crippen LogP contribution in [0.4, 0.5) is 0 Å². The van der Waals surface area contributed by atoms with Crippen molar-refractivity contribution < 1.29 is 5.11 Å². The van der Waals surface area contributed by atoms with E-state index in [0.29, 0.717) is 4.47 Å². The van der Waals surface area contributed by atoms with Crippen molar-refractivity contribution in [3.63, 3.8) is 0 Å². The summed E-state index contributed by atoms with van der Waals surface area (Å²) in [6.45, 7) is 0.196. The molecule has 1 aromatic rings. The third-order valence-corrected chi connectivity index (χ3v) is 3.13. The molecule has 0 spiro atoms. The van der Waals surface area contributed by atoms with Crippen molar-refractivity contribution in [2.24, 2.45) is 0 Å². The number of halogens is 2. The highest BCUT2D eigenvalue weighted by atomic mass is 79.9. The number of hydrogen-bond acceptors (Lipinski definition) is 3. The molecule has 0 fully saturated rings. The maximum Gasteiger partial charge on any atom is 0.184 e. The largest absolute Gasteiger partial charge is 0.396 e. The van der Waals surface area contributed by atoms with E-state index >= 15 is 0 Å². The van der Waals surface area contributed by atoms with Gasteiger partial charge >= 0.3 is 0 Å². The summed E-state index contributed by atoms with van der Waals surface area (Å²) in [7, 11) is 0. The number of thiazole rings is 1. The zero-order valence-corrected chi connectivity index (χ0v) is 8.84. The van der Waals surface area contributed by atoms with Gasteiger partial charge in [-0.3, -0.25) is 0 Å². The number of hydrogen-bond donors (Lipinski definition) is 1. The van der Waals surface area contributed by atoms with Crippen LogP contribution in [-0.4, -0.2) is 16.7 Å². The first-order valence-corrected chi connectivity index (χ1v) is 5.14. The van der Waals surface area contributed by atoms with Crippen LogP contribution in [0.5, 0.6) is 0 Å². The number of rotatable bonds is 3. The zero-order valence-electron chi connectivity index (χ0n) is 5.68. The van der Waals surface area contributed by atoms with E-state index in [2.05, 4.69) is 20.9 Å². The summed E-state index contributed by atoms with van der Waals surface area (Å²) in [5.41, 5.74) is 0.939. The van der Waals surface area contributed by atoms with E-state index in [-0.39, 0.29) is 6.61 Å². The molecule has 1 aromatic heterocycles. The fourth-order valence-corrected chi connectivity index (χ4v) is 2.64. The lowest BCUT2D eigenvalue weighted by atomic mass is 10.3. The molecule has 11 heavy (non-hydrogen) atoms. The highest BCUT2D eigenvalue weighted by Gasteiger charge is 2.05. The first-order chi connectivity index (χ1) is 5.24. The smallest absolute Gasteiger partial charge is 0.184 e. The Morgan fingerprint density at radius 2 is 2.36 bits per heavy atom. The van der Waals surface area contributed by atoms with E-state index in [1.807, 2.05) is 0 Å². The minimum atomic E-state index is 0.196. The van der Waals surface area contributed by atoms with Crippen molar-refractivity contribution in [3.05, 3.63) is 13.9 Å². The second-order valence-electron chi connectivity index (χ2n) is 2.01. The average Bonchev–Trinajstić information content (AvgIpc) is 2.26. The molecule has 0 saturated carbocycles. The van der Waals surface area contributed by atoms with E-state index < -0.39 is 0 Å². The second-order valence-corrected chi connectivity index (χ2v) is 4.91. The van der Waals surface area contributed by atoms with Crippen molar-refractivity contribution >= 4 is 38.9 Å². The molecule has 0 bridgehead atoms. The van der Waals surface area contributed by atoms with Crippen LogP contribution in [0.15, 0.2) is 3.79 Å². The molecule has 0 aromatic carbocycles. The van der Waals surface area contributed by atoms with Crippen molar-refractivity contribution in [2.45, 2.75) is 12.8 Å². The SMILES string of the molecule is OCCCc1nc(Cl)sc1Br. The molecule has 1 N–H and O–H groups in total. The minimum absolute atomic E-state index is 0.196. The number of nitrogens with zero attached hydrogens (tertiary/aromatic N) is 1. The molecule has 0 aliphatic heterocycles. The number of aliphatic hydroxyl groups excluding tert-OH is 1. The van der Waals surface area contributed by atoms with Gasteiger partial charge in [0, 0.05) is 6.61 Å². The molecule has 0 radical (unpaired) electrons. The number of aryl methyl sites for hydroxylation is 1. The Morgan fingerprint density at radius 3 is 2.82 bits per heavy atom. The fourth-order valence-electron chi connectivity index (χ4n) is 0.706. The van der Waals surface area contributed by atoms with Crippen molar-refractivity contribution in [1.29, 1.82) is 0 Å². The van der Waals surface area contributed by atoms with Crippen LogP contribution < -0.4 is 0 Å². The van der Waals surface area contributed by atoms with Gasteiger partial charge in [0.15, 0.2) is 4.47 Å². The molecule has 1 rings (SSSR count). The number of aliphatic hydroxyl groups is 1. The molecule has 0 saturated heterocycles. The highest BCUT2D eigenvalue weighted by Crippen LogP contribution is 2.28. The molecule has 0 aliphatic rings. The Balaban J connectivity index is 2.62. The summed E-state index contributed by atoms with van der Waals surface area (Å²) in [6, 6.07) is 0. The zero-order chi connectivity index (χ0) is 8.27. The molecule has 0 atom stereocenters. The van der Waals surface area contributed by atoms with E-state index in [0.717, 1.165) is 22.3 Å². The maximum absolute atomic E-state index is 8.55. The maximum atomic E-state index is 8.55. The summed E-state index contributed by atoms with van der Waals surface area (Å²) < 4.78 is 1.51. The van der Waals surface area contributed by atoms with Gasteiger partial charge in [0.05, 0.1) is 9.48 Å². The van der Waals surface area contributed by atoms with Gasteiger partial charge in [-0.1, -0.05) is 22.9 Å². The molecule has 2 nitrogen and oxygen atoms in total. The van der Waals surface area contributed by atoms with Crippen LogP contribution in [0.3, 0.4) is 0 Å². The average molecular weight is 257 g/mol. The molecular weight excluding hydrogens is 249 g/mol. The van der Waals surface area contributed by atoms with E-state index in [1.54, 1.807) is 0 Å². The van der Waals surface area contributed by atoms with Crippen LogP contribution in [0.25, 0.3) is 0 Å². The summed E-state index contributed by atoms with van der Waals surface area (Å²) in [5, 5.41) is 8.55. The van der Waals surface area contributed by atoms with E-state index in [1.165, 1.54) is 11.3 Å². The van der Waals surface area contributed by atoms with Crippen LogP contribution in [0, 0.1) is 0 Å². The molecular formula is C6H7BrClNOS. The standard InChI is InChI=1S/C6H7BrClNOS/c7-5-4(2-1-3-10)9-6(8)11-5/h10H,1-3H2. The third kappa shape index (κ3) is 2.71. The van der Waals surface area contributed by atoms with Gasteiger partial charge in [-0.25, -0.2) is 4.98 Å². The predicted octanol–water partition coefficient (Wildman–Crippen LogP) is 2.48.